The highest BCUT2D eigenvalue weighted by Gasteiger charge is 2.20. The number of rotatable bonds is 8. The summed E-state index contributed by atoms with van der Waals surface area (Å²) in [4.78, 5) is 2.23. The standard InChI is InChI=1S/C21H26ClNO2/c1-6-16-13-20(24-4)21(25-5)14-18(16)19(23(2)3)12-9-15-7-10-17(22)11-8-15/h6-8,10-11,13-14,19H,1,9,12H2,2-5H3. The molecule has 0 saturated heterocycles. The van der Waals surface area contributed by atoms with E-state index in [9.17, 15) is 0 Å². The topological polar surface area (TPSA) is 21.7 Å². The molecule has 0 fully saturated rings. The molecular formula is C21H26ClNO2. The molecule has 0 aliphatic carbocycles. The fraction of sp³-hybridized carbons (Fsp3) is 0.333. The number of ether oxygens (including phenoxy) is 2. The first-order valence-electron chi connectivity index (χ1n) is 8.29. The fourth-order valence-electron chi connectivity index (χ4n) is 3.02. The van der Waals surface area contributed by atoms with E-state index in [1.807, 2.05) is 24.3 Å². The first-order chi connectivity index (χ1) is 12.0. The summed E-state index contributed by atoms with van der Waals surface area (Å²) in [6.45, 7) is 3.96. The molecule has 2 aromatic carbocycles. The van der Waals surface area contributed by atoms with Crippen LogP contribution in [0.2, 0.25) is 5.02 Å². The van der Waals surface area contributed by atoms with E-state index in [2.05, 4.69) is 43.8 Å². The summed E-state index contributed by atoms with van der Waals surface area (Å²) in [5.41, 5.74) is 3.52. The average Bonchev–Trinajstić information content (AvgIpc) is 2.62. The van der Waals surface area contributed by atoms with Crippen molar-refractivity contribution >= 4 is 17.7 Å². The normalized spacial score (nSPS) is 12.1. The Labute approximate surface area is 155 Å². The summed E-state index contributed by atoms with van der Waals surface area (Å²) in [5, 5.41) is 0.766. The second-order valence-corrected chi connectivity index (χ2v) is 6.62. The van der Waals surface area contributed by atoms with Crippen LogP contribution in [0.3, 0.4) is 0 Å². The third-order valence-corrected chi connectivity index (χ3v) is 4.66. The highest BCUT2D eigenvalue weighted by Crippen LogP contribution is 2.36. The van der Waals surface area contributed by atoms with Crippen LogP contribution in [0.15, 0.2) is 43.0 Å². The number of aryl methyl sites for hydroxylation is 1. The minimum Gasteiger partial charge on any atom is -0.493 e. The molecule has 0 saturated carbocycles. The van der Waals surface area contributed by atoms with Crippen molar-refractivity contribution < 1.29 is 9.47 Å². The zero-order chi connectivity index (χ0) is 18.4. The first-order valence-corrected chi connectivity index (χ1v) is 8.67. The van der Waals surface area contributed by atoms with E-state index in [0.29, 0.717) is 0 Å². The van der Waals surface area contributed by atoms with Crippen molar-refractivity contribution in [3.63, 3.8) is 0 Å². The number of halogens is 1. The van der Waals surface area contributed by atoms with Crippen LogP contribution in [-0.2, 0) is 6.42 Å². The molecule has 0 aliphatic heterocycles. The SMILES string of the molecule is C=Cc1cc(OC)c(OC)cc1C(CCc1ccc(Cl)cc1)N(C)C. The summed E-state index contributed by atoms with van der Waals surface area (Å²) in [6.07, 6.45) is 3.81. The van der Waals surface area contributed by atoms with Gasteiger partial charge in [0.25, 0.3) is 0 Å². The Morgan fingerprint density at radius 3 is 2.20 bits per heavy atom. The second-order valence-electron chi connectivity index (χ2n) is 6.18. The minimum atomic E-state index is 0.239. The number of benzene rings is 2. The van der Waals surface area contributed by atoms with Gasteiger partial charge in [0.1, 0.15) is 0 Å². The van der Waals surface area contributed by atoms with E-state index < -0.39 is 0 Å². The van der Waals surface area contributed by atoms with Crippen molar-refractivity contribution in [2.45, 2.75) is 18.9 Å². The van der Waals surface area contributed by atoms with E-state index >= 15 is 0 Å². The lowest BCUT2D eigenvalue weighted by Crippen LogP contribution is -2.21. The molecule has 0 amide bonds. The van der Waals surface area contributed by atoms with Crippen LogP contribution >= 0.6 is 11.6 Å². The number of nitrogens with zero attached hydrogens (tertiary/aromatic N) is 1. The van der Waals surface area contributed by atoms with Crippen molar-refractivity contribution in [1.29, 1.82) is 0 Å². The van der Waals surface area contributed by atoms with Crippen molar-refractivity contribution in [2.75, 3.05) is 28.3 Å². The van der Waals surface area contributed by atoms with Crippen molar-refractivity contribution in [2.24, 2.45) is 0 Å². The molecule has 0 spiro atoms. The molecule has 0 N–H and O–H groups in total. The van der Waals surface area contributed by atoms with Crippen molar-refractivity contribution in [3.8, 4) is 11.5 Å². The summed E-state index contributed by atoms with van der Waals surface area (Å²) >= 11 is 5.98. The molecule has 0 radical (unpaired) electrons. The Hall–Kier alpha value is -1.97. The van der Waals surface area contributed by atoms with E-state index in [0.717, 1.165) is 34.9 Å². The zero-order valence-electron chi connectivity index (χ0n) is 15.4. The molecule has 0 aliphatic rings. The van der Waals surface area contributed by atoms with Crippen LogP contribution in [0.25, 0.3) is 6.08 Å². The van der Waals surface area contributed by atoms with E-state index in [1.165, 1.54) is 11.1 Å². The van der Waals surface area contributed by atoms with Gasteiger partial charge < -0.3 is 14.4 Å². The first kappa shape index (κ1) is 19.4. The number of hydrogen-bond acceptors (Lipinski definition) is 3. The Kier molecular flexibility index (Phi) is 6.91. The van der Waals surface area contributed by atoms with Crippen LogP contribution in [0.4, 0.5) is 0 Å². The van der Waals surface area contributed by atoms with Gasteiger partial charge in [0.05, 0.1) is 14.2 Å². The zero-order valence-corrected chi connectivity index (χ0v) is 16.1. The maximum atomic E-state index is 5.98. The van der Waals surface area contributed by atoms with Crippen molar-refractivity contribution in [3.05, 3.63) is 64.7 Å². The van der Waals surface area contributed by atoms with Crippen LogP contribution in [0.1, 0.15) is 29.2 Å². The average molecular weight is 360 g/mol. The van der Waals surface area contributed by atoms with E-state index in [-0.39, 0.29) is 6.04 Å². The Balaban J connectivity index is 2.32. The van der Waals surface area contributed by atoms with Gasteiger partial charge in [-0.15, -0.1) is 0 Å². The van der Waals surface area contributed by atoms with Gasteiger partial charge in [-0.05, 0) is 67.9 Å². The van der Waals surface area contributed by atoms with Gasteiger partial charge in [-0.3, -0.25) is 0 Å². The molecule has 134 valence electrons. The molecule has 2 rings (SSSR count). The predicted octanol–water partition coefficient (Wildman–Crippen LogP) is 5.24. The molecule has 3 nitrogen and oxygen atoms in total. The van der Waals surface area contributed by atoms with Crippen molar-refractivity contribution in [1.82, 2.24) is 4.90 Å². The largest absolute Gasteiger partial charge is 0.493 e. The van der Waals surface area contributed by atoms with Gasteiger partial charge >= 0.3 is 0 Å². The van der Waals surface area contributed by atoms with Crippen LogP contribution in [-0.4, -0.2) is 33.2 Å². The minimum absolute atomic E-state index is 0.239. The smallest absolute Gasteiger partial charge is 0.161 e. The van der Waals surface area contributed by atoms with Gasteiger partial charge in [0, 0.05) is 11.1 Å². The van der Waals surface area contributed by atoms with Crippen LogP contribution in [0.5, 0.6) is 11.5 Å². The molecule has 1 unspecified atom stereocenters. The number of methoxy groups -OCH3 is 2. The lowest BCUT2D eigenvalue weighted by molar-refractivity contribution is 0.282. The molecule has 0 aromatic heterocycles. The van der Waals surface area contributed by atoms with Gasteiger partial charge in [-0.25, -0.2) is 0 Å². The maximum absolute atomic E-state index is 5.98. The van der Waals surface area contributed by atoms with Crippen LogP contribution < -0.4 is 9.47 Å². The van der Waals surface area contributed by atoms with E-state index in [1.54, 1.807) is 14.2 Å². The number of hydrogen-bond donors (Lipinski definition) is 0. The maximum Gasteiger partial charge on any atom is 0.161 e. The van der Waals surface area contributed by atoms with Gasteiger partial charge in [-0.1, -0.05) is 36.4 Å². The highest BCUT2D eigenvalue weighted by atomic mass is 35.5. The Morgan fingerprint density at radius 1 is 1.08 bits per heavy atom. The predicted molar refractivity (Wildman–Crippen MR) is 106 cm³/mol. The molecule has 1 atom stereocenters. The fourth-order valence-corrected chi connectivity index (χ4v) is 3.15. The Bertz CT molecular complexity index is 711. The quantitative estimate of drug-likeness (QED) is 0.643. The van der Waals surface area contributed by atoms with E-state index in [4.69, 9.17) is 21.1 Å². The highest BCUT2D eigenvalue weighted by molar-refractivity contribution is 6.30. The van der Waals surface area contributed by atoms with Crippen LogP contribution in [0, 0.1) is 0 Å². The monoisotopic (exact) mass is 359 g/mol. The molecule has 0 bridgehead atoms. The summed E-state index contributed by atoms with van der Waals surface area (Å²) in [6, 6.07) is 12.3. The lowest BCUT2D eigenvalue weighted by atomic mass is 9.93. The summed E-state index contributed by atoms with van der Waals surface area (Å²) in [5.74, 6) is 1.46. The molecule has 25 heavy (non-hydrogen) atoms. The van der Waals surface area contributed by atoms with Gasteiger partial charge in [0.15, 0.2) is 11.5 Å². The lowest BCUT2D eigenvalue weighted by Gasteiger charge is -2.27. The molecule has 2 aromatic rings. The Morgan fingerprint density at radius 2 is 1.68 bits per heavy atom. The molecule has 4 heteroatoms. The second kappa shape index (κ2) is 8.93. The summed E-state index contributed by atoms with van der Waals surface area (Å²) < 4.78 is 10.9. The third-order valence-electron chi connectivity index (χ3n) is 4.41. The third kappa shape index (κ3) is 4.77. The molecule has 0 heterocycles. The molecular weight excluding hydrogens is 334 g/mol. The van der Waals surface area contributed by atoms with Gasteiger partial charge in [-0.2, -0.15) is 0 Å². The summed E-state index contributed by atoms with van der Waals surface area (Å²) in [7, 11) is 7.49. The van der Waals surface area contributed by atoms with Gasteiger partial charge in [0.2, 0.25) is 0 Å².